The van der Waals surface area contributed by atoms with Crippen molar-refractivity contribution in [3.63, 3.8) is 0 Å². The zero-order valence-electron chi connectivity index (χ0n) is 11.9. The van der Waals surface area contributed by atoms with Crippen molar-refractivity contribution < 1.29 is 0 Å². The Balaban J connectivity index is 2.20. The number of rotatable bonds is 3. The van der Waals surface area contributed by atoms with Gasteiger partial charge in [-0.1, -0.05) is 31.5 Å². The third kappa shape index (κ3) is 2.31. The summed E-state index contributed by atoms with van der Waals surface area (Å²) in [5.41, 5.74) is 2.08. The summed E-state index contributed by atoms with van der Waals surface area (Å²) in [5, 5.41) is 6.65. The SMILES string of the molecule is CCCc1cc2ccccc2n(N2CCNCC2)c1=O. The molecule has 1 aliphatic heterocycles. The fraction of sp³-hybridized carbons (Fsp3) is 0.438. The summed E-state index contributed by atoms with van der Waals surface area (Å²) < 4.78 is 1.89. The van der Waals surface area contributed by atoms with E-state index in [1.807, 2.05) is 22.9 Å². The van der Waals surface area contributed by atoms with Gasteiger partial charge in [-0.2, -0.15) is 0 Å². The third-order valence-electron chi connectivity index (χ3n) is 3.86. The van der Waals surface area contributed by atoms with E-state index in [0.29, 0.717) is 0 Å². The van der Waals surface area contributed by atoms with Crippen LogP contribution in [0.5, 0.6) is 0 Å². The Bertz CT molecular complexity index is 656. The Labute approximate surface area is 119 Å². The molecule has 20 heavy (non-hydrogen) atoms. The maximum atomic E-state index is 12.8. The molecule has 2 heterocycles. The third-order valence-corrected chi connectivity index (χ3v) is 3.86. The monoisotopic (exact) mass is 271 g/mol. The number of aryl methyl sites for hydroxylation is 1. The zero-order chi connectivity index (χ0) is 13.9. The first-order valence-corrected chi connectivity index (χ1v) is 7.41. The van der Waals surface area contributed by atoms with E-state index in [-0.39, 0.29) is 5.56 Å². The van der Waals surface area contributed by atoms with Gasteiger partial charge in [-0.3, -0.25) is 4.79 Å². The molecule has 2 aromatic rings. The van der Waals surface area contributed by atoms with Gasteiger partial charge < -0.3 is 10.3 Å². The van der Waals surface area contributed by atoms with Gasteiger partial charge in [0.05, 0.1) is 5.52 Å². The molecule has 1 saturated heterocycles. The van der Waals surface area contributed by atoms with E-state index >= 15 is 0 Å². The average Bonchev–Trinajstić information content (AvgIpc) is 2.49. The lowest BCUT2D eigenvalue weighted by molar-refractivity contribution is 0.490. The van der Waals surface area contributed by atoms with Crippen molar-refractivity contribution in [3.05, 3.63) is 46.2 Å². The van der Waals surface area contributed by atoms with Gasteiger partial charge in [0.25, 0.3) is 5.56 Å². The van der Waals surface area contributed by atoms with Crippen LogP contribution in [0.3, 0.4) is 0 Å². The van der Waals surface area contributed by atoms with E-state index in [4.69, 9.17) is 0 Å². The molecule has 0 amide bonds. The molecule has 4 nitrogen and oxygen atoms in total. The van der Waals surface area contributed by atoms with Crippen LogP contribution in [0.2, 0.25) is 0 Å². The minimum absolute atomic E-state index is 0.146. The van der Waals surface area contributed by atoms with E-state index in [1.165, 1.54) is 0 Å². The predicted octanol–water partition coefficient (Wildman–Crippen LogP) is 1.50. The highest BCUT2D eigenvalue weighted by atomic mass is 16.1. The number of hydrogen-bond donors (Lipinski definition) is 1. The molecule has 1 aliphatic rings. The number of hydrogen-bond acceptors (Lipinski definition) is 3. The minimum Gasteiger partial charge on any atom is -0.313 e. The van der Waals surface area contributed by atoms with Gasteiger partial charge in [-0.15, -0.1) is 0 Å². The quantitative estimate of drug-likeness (QED) is 0.919. The van der Waals surface area contributed by atoms with Crippen LogP contribution in [0.4, 0.5) is 0 Å². The topological polar surface area (TPSA) is 37.3 Å². The summed E-state index contributed by atoms with van der Waals surface area (Å²) in [6.07, 6.45) is 1.84. The highest BCUT2D eigenvalue weighted by molar-refractivity contribution is 5.80. The van der Waals surface area contributed by atoms with Gasteiger partial charge in [0.1, 0.15) is 0 Å². The average molecular weight is 271 g/mol. The number of nitrogens with zero attached hydrogens (tertiary/aromatic N) is 2. The molecule has 106 valence electrons. The van der Waals surface area contributed by atoms with Crippen LogP contribution in [0.25, 0.3) is 10.9 Å². The summed E-state index contributed by atoms with van der Waals surface area (Å²) in [6, 6.07) is 10.2. The van der Waals surface area contributed by atoms with Crippen LogP contribution in [-0.4, -0.2) is 30.9 Å². The fourth-order valence-electron chi connectivity index (χ4n) is 2.88. The zero-order valence-corrected chi connectivity index (χ0v) is 11.9. The van der Waals surface area contributed by atoms with Crippen molar-refractivity contribution in [1.29, 1.82) is 0 Å². The van der Waals surface area contributed by atoms with E-state index < -0.39 is 0 Å². The maximum Gasteiger partial charge on any atom is 0.272 e. The van der Waals surface area contributed by atoms with Crippen molar-refractivity contribution in [1.82, 2.24) is 9.99 Å². The lowest BCUT2D eigenvalue weighted by Gasteiger charge is -2.32. The van der Waals surface area contributed by atoms with Crippen LogP contribution in [0, 0.1) is 0 Å². The maximum absolute atomic E-state index is 12.8. The molecular weight excluding hydrogens is 250 g/mol. The number of para-hydroxylation sites is 1. The number of nitrogens with one attached hydrogen (secondary N) is 1. The predicted molar refractivity (Wildman–Crippen MR) is 83.0 cm³/mol. The Kier molecular flexibility index (Phi) is 3.74. The molecule has 0 spiro atoms. The normalized spacial score (nSPS) is 15.8. The largest absolute Gasteiger partial charge is 0.313 e. The van der Waals surface area contributed by atoms with Gasteiger partial charge in [0.15, 0.2) is 0 Å². The van der Waals surface area contributed by atoms with Crippen LogP contribution >= 0.6 is 0 Å². The van der Waals surface area contributed by atoms with E-state index in [1.54, 1.807) is 0 Å². The molecule has 0 bridgehead atoms. The molecule has 1 aromatic heterocycles. The van der Waals surface area contributed by atoms with Crippen LogP contribution in [-0.2, 0) is 6.42 Å². The molecule has 0 atom stereocenters. The van der Waals surface area contributed by atoms with Gasteiger partial charge in [-0.25, -0.2) is 4.68 Å². The molecule has 0 radical (unpaired) electrons. The number of aromatic nitrogens is 1. The number of benzene rings is 1. The molecule has 4 heteroatoms. The van der Waals surface area contributed by atoms with E-state index in [2.05, 4.69) is 29.4 Å². The van der Waals surface area contributed by atoms with Gasteiger partial charge >= 0.3 is 0 Å². The minimum atomic E-state index is 0.146. The molecule has 1 fully saturated rings. The molecule has 0 saturated carbocycles. The summed E-state index contributed by atoms with van der Waals surface area (Å²) in [4.78, 5) is 12.8. The Morgan fingerprint density at radius 2 is 1.95 bits per heavy atom. The highest BCUT2D eigenvalue weighted by Crippen LogP contribution is 2.15. The number of fused-ring (bicyclic) bond motifs is 1. The lowest BCUT2D eigenvalue weighted by atomic mass is 10.1. The summed E-state index contributed by atoms with van der Waals surface area (Å²) in [7, 11) is 0. The van der Waals surface area contributed by atoms with Gasteiger partial charge in [-0.05, 0) is 18.6 Å². The van der Waals surface area contributed by atoms with E-state index in [9.17, 15) is 4.79 Å². The highest BCUT2D eigenvalue weighted by Gasteiger charge is 2.16. The summed E-state index contributed by atoms with van der Waals surface area (Å²) in [5.74, 6) is 0. The Hall–Kier alpha value is -1.81. The van der Waals surface area contributed by atoms with Gasteiger partial charge in [0, 0.05) is 37.1 Å². The molecule has 3 rings (SSSR count). The van der Waals surface area contributed by atoms with Crippen molar-refractivity contribution in [2.45, 2.75) is 19.8 Å². The second kappa shape index (κ2) is 5.67. The van der Waals surface area contributed by atoms with Crippen molar-refractivity contribution in [2.24, 2.45) is 0 Å². The fourth-order valence-corrected chi connectivity index (χ4v) is 2.88. The van der Waals surface area contributed by atoms with Crippen LogP contribution < -0.4 is 15.9 Å². The molecular formula is C16H21N3O. The first kappa shape index (κ1) is 13.2. The Morgan fingerprint density at radius 3 is 2.70 bits per heavy atom. The van der Waals surface area contributed by atoms with Crippen LogP contribution in [0.1, 0.15) is 18.9 Å². The molecule has 1 aromatic carbocycles. The first-order valence-electron chi connectivity index (χ1n) is 7.41. The molecule has 0 aliphatic carbocycles. The Morgan fingerprint density at radius 1 is 1.20 bits per heavy atom. The second-order valence-electron chi connectivity index (χ2n) is 5.30. The van der Waals surface area contributed by atoms with Crippen LogP contribution in [0.15, 0.2) is 35.1 Å². The molecule has 0 unspecified atom stereocenters. The molecule has 1 N–H and O–H groups in total. The summed E-state index contributed by atoms with van der Waals surface area (Å²) >= 11 is 0. The van der Waals surface area contributed by atoms with Crippen molar-refractivity contribution in [2.75, 3.05) is 31.2 Å². The second-order valence-corrected chi connectivity index (χ2v) is 5.30. The smallest absolute Gasteiger partial charge is 0.272 e. The summed E-state index contributed by atoms with van der Waals surface area (Å²) in [6.45, 7) is 5.72. The number of pyridine rings is 1. The number of piperazine rings is 1. The van der Waals surface area contributed by atoms with Gasteiger partial charge in [0.2, 0.25) is 0 Å². The standard InChI is InChI=1S/C16H21N3O/c1-2-5-14-12-13-6-3-4-7-15(13)19(16(14)20)18-10-8-17-9-11-18/h3-4,6-7,12,17H,2,5,8-11H2,1H3. The lowest BCUT2D eigenvalue weighted by Crippen LogP contribution is -2.53. The van der Waals surface area contributed by atoms with Crippen molar-refractivity contribution in [3.8, 4) is 0 Å². The van der Waals surface area contributed by atoms with E-state index in [0.717, 1.165) is 55.5 Å². The first-order chi connectivity index (χ1) is 9.81. The van der Waals surface area contributed by atoms with Crippen molar-refractivity contribution >= 4 is 10.9 Å².